The van der Waals surface area contributed by atoms with Gasteiger partial charge in [-0.3, -0.25) is 0 Å². The molecule has 1 fully saturated rings. The lowest BCUT2D eigenvalue weighted by atomic mass is 9.74. The molecule has 0 amide bonds. The molecule has 1 aromatic rings. The molecule has 112 valence electrons. The summed E-state index contributed by atoms with van der Waals surface area (Å²) in [6.45, 7) is 3.44. The zero-order chi connectivity index (χ0) is 15.1. The molecule has 0 aromatic heterocycles. The SMILES string of the molecule is COc1ccc(Br)cc1S(=O)(=O)[C@H]1C[C@@H](C(C)(C)O)C1. The Labute approximate surface area is 128 Å². The number of hydrogen-bond donors (Lipinski definition) is 1. The van der Waals surface area contributed by atoms with Crippen molar-refractivity contribution in [3.8, 4) is 5.75 Å². The zero-order valence-electron chi connectivity index (χ0n) is 11.8. The second-order valence-electron chi connectivity index (χ2n) is 5.78. The number of rotatable bonds is 4. The van der Waals surface area contributed by atoms with Gasteiger partial charge in [0.1, 0.15) is 10.6 Å². The molecule has 1 aliphatic carbocycles. The Morgan fingerprint density at radius 1 is 1.35 bits per heavy atom. The van der Waals surface area contributed by atoms with Gasteiger partial charge in [0.2, 0.25) is 0 Å². The van der Waals surface area contributed by atoms with Crippen LogP contribution in [0.25, 0.3) is 0 Å². The minimum atomic E-state index is -3.43. The molecule has 6 heteroatoms. The molecule has 20 heavy (non-hydrogen) atoms. The third-order valence-electron chi connectivity index (χ3n) is 3.96. The quantitative estimate of drug-likeness (QED) is 0.894. The molecular weight excluding hydrogens is 344 g/mol. The molecule has 0 saturated heterocycles. The Hall–Kier alpha value is -0.590. The van der Waals surface area contributed by atoms with Gasteiger partial charge in [0.05, 0.1) is 18.0 Å². The summed E-state index contributed by atoms with van der Waals surface area (Å²) in [6, 6.07) is 4.97. The van der Waals surface area contributed by atoms with E-state index in [0.29, 0.717) is 23.1 Å². The molecule has 0 heterocycles. The molecule has 1 N–H and O–H groups in total. The van der Waals surface area contributed by atoms with Gasteiger partial charge in [0, 0.05) is 4.47 Å². The van der Waals surface area contributed by atoms with Gasteiger partial charge in [-0.15, -0.1) is 0 Å². The van der Waals surface area contributed by atoms with Gasteiger partial charge < -0.3 is 9.84 Å². The maximum atomic E-state index is 12.6. The van der Waals surface area contributed by atoms with E-state index in [1.807, 2.05) is 0 Å². The smallest absolute Gasteiger partial charge is 0.184 e. The van der Waals surface area contributed by atoms with E-state index in [0.717, 1.165) is 0 Å². The molecule has 1 saturated carbocycles. The minimum Gasteiger partial charge on any atom is -0.495 e. The zero-order valence-corrected chi connectivity index (χ0v) is 14.2. The van der Waals surface area contributed by atoms with Crippen LogP contribution in [0.1, 0.15) is 26.7 Å². The van der Waals surface area contributed by atoms with E-state index in [1.165, 1.54) is 7.11 Å². The van der Waals surface area contributed by atoms with Gasteiger partial charge in [0.25, 0.3) is 0 Å². The fourth-order valence-corrected chi connectivity index (χ4v) is 5.01. The second-order valence-corrected chi connectivity index (χ2v) is 8.90. The Kier molecular flexibility index (Phi) is 4.19. The van der Waals surface area contributed by atoms with Crippen molar-refractivity contribution < 1.29 is 18.3 Å². The summed E-state index contributed by atoms with van der Waals surface area (Å²) in [5.41, 5.74) is -0.826. The molecular formula is C14H19BrO4S. The highest BCUT2D eigenvalue weighted by atomic mass is 79.9. The summed E-state index contributed by atoms with van der Waals surface area (Å²) in [4.78, 5) is 0.216. The maximum Gasteiger partial charge on any atom is 0.184 e. The standard InChI is InChI=1S/C14H19BrO4S/c1-14(2,16)9-6-11(7-9)20(17,18)13-8-10(15)4-5-12(13)19-3/h4-5,8-9,11,16H,6-7H2,1-3H3/t9-,11+. The lowest BCUT2D eigenvalue weighted by Gasteiger charge is -2.42. The van der Waals surface area contributed by atoms with E-state index in [1.54, 1.807) is 32.0 Å². The highest BCUT2D eigenvalue weighted by Crippen LogP contribution is 2.43. The fraction of sp³-hybridized carbons (Fsp3) is 0.571. The first-order chi connectivity index (χ1) is 9.16. The molecule has 1 aliphatic rings. The van der Waals surface area contributed by atoms with E-state index in [2.05, 4.69) is 15.9 Å². The average Bonchev–Trinajstić information content (AvgIpc) is 2.24. The first kappa shape index (κ1) is 15.8. The van der Waals surface area contributed by atoms with Crippen molar-refractivity contribution in [3.05, 3.63) is 22.7 Å². The Morgan fingerprint density at radius 2 is 1.95 bits per heavy atom. The van der Waals surface area contributed by atoms with Crippen molar-refractivity contribution >= 4 is 25.8 Å². The second kappa shape index (κ2) is 5.31. The van der Waals surface area contributed by atoms with E-state index in [9.17, 15) is 13.5 Å². The highest BCUT2D eigenvalue weighted by Gasteiger charge is 2.46. The van der Waals surface area contributed by atoms with E-state index in [-0.39, 0.29) is 10.8 Å². The summed E-state index contributed by atoms with van der Waals surface area (Å²) in [7, 11) is -1.97. The molecule has 0 spiro atoms. The summed E-state index contributed by atoms with van der Waals surface area (Å²) < 4.78 is 31.1. The van der Waals surface area contributed by atoms with Gasteiger partial charge in [-0.1, -0.05) is 15.9 Å². The topological polar surface area (TPSA) is 63.6 Å². The molecule has 0 aliphatic heterocycles. The summed E-state index contributed by atoms with van der Waals surface area (Å²) in [5.74, 6) is 0.389. The lowest BCUT2D eigenvalue weighted by Crippen LogP contribution is -2.46. The van der Waals surface area contributed by atoms with Crippen LogP contribution in [0.15, 0.2) is 27.6 Å². The Bertz CT molecular complexity index is 598. The van der Waals surface area contributed by atoms with Crippen LogP contribution in [0.3, 0.4) is 0 Å². The lowest BCUT2D eigenvalue weighted by molar-refractivity contribution is -0.0164. The van der Waals surface area contributed by atoms with Crippen LogP contribution in [0, 0.1) is 5.92 Å². The van der Waals surface area contributed by atoms with Gasteiger partial charge in [-0.2, -0.15) is 0 Å². The molecule has 0 radical (unpaired) electrons. The predicted octanol–water partition coefficient (Wildman–Crippen LogP) is 2.78. The summed E-state index contributed by atoms with van der Waals surface area (Å²) in [5, 5.41) is 9.47. The van der Waals surface area contributed by atoms with E-state index < -0.39 is 20.7 Å². The van der Waals surface area contributed by atoms with Crippen molar-refractivity contribution in [2.24, 2.45) is 5.92 Å². The van der Waals surface area contributed by atoms with E-state index >= 15 is 0 Å². The number of methoxy groups -OCH3 is 1. The van der Waals surface area contributed by atoms with Crippen LogP contribution in [0.4, 0.5) is 0 Å². The predicted molar refractivity (Wildman–Crippen MR) is 80.7 cm³/mol. The van der Waals surface area contributed by atoms with E-state index in [4.69, 9.17) is 4.74 Å². The fourth-order valence-electron chi connectivity index (χ4n) is 2.45. The molecule has 4 nitrogen and oxygen atoms in total. The molecule has 0 bridgehead atoms. The maximum absolute atomic E-state index is 12.6. The van der Waals surface area contributed by atoms with Gasteiger partial charge in [-0.25, -0.2) is 8.42 Å². The normalized spacial score (nSPS) is 23.2. The van der Waals surface area contributed by atoms with Crippen molar-refractivity contribution in [1.29, 1.82) is 0 Å². The highest BCUT2D eigenvalue weighted by molar-refractivity contribution is 9.10. The summed E-state index contributed by atoms with van der Waals surface area (Å²) >= 11 is 3.29. The van der Waals surface area contributed by atoms with Crippen molar-refractivity contribution in [1.82, 2.24) is 0 Å². The van der Waals surface area contributed by atoms with Crippen LogP contribution >= 0.6 is 15.9 Å². The van der Waals surface area contributed by atoms with Gasteiger partial charge >= 0.3 is 0 Å². The van der Waals surface area contributed by atoms with Crippen LogP contribution in [-0.2, 0) is 9.84 Å². The molecule has 2 rings (SSSR count). The molecule has 0 atom stereocenters. The largest absolute Gasteiger partial charge is 0.495 e. The summed E-state index contributed by atoms with van der Waals surface area (Å²) in [6.07, 6.45) is 0.975. The van der Waals surface area contributed by atoms with Gasteiger partial charge in [-0.05, 0) is 50.8 Å². The number of benzene rings is 1. The van der Waals surface area contributed by atoms with Crippen LogP contribution in [0.2, 0.25) is 0 Å². The van der Waals surface area contributed by atoms with Crippen molar-refractivity contribution in [2.75, 3.05) is 7.11 Å². The minimum absolute atomic E-state index is 0.0282. The number of ether oxygens (including phenoxy) is 1. The van der Waals surface area contributed by atoms with Crippen LogP contribution in [-0.4, -0.2) is 31.5 Å². The Morgan fingerprint density at radius 3 is 2.45 bits per heavy atom. The molecule has 0 unspecified atom stereocenters. The number of halogens is 1. The average molecular weight is 363 g/mol. The molecule has 1 aromatic carbocycles. The first-order valence-electron chi connectivity index (χ1n) is 6.46. The van der Waals surface area contributed by atoms with Crippen LogP contribution < -0.4 is 4.74 Å². The monoisotopic (exact) mass is 362 g/mol. The third kappa shape index (κ3) is 2.87. The van der Waals surface area contributed by atoms with Gasteiger partial charge in [0.15, 0.2) is 9.84 Å². The number of sulfone groups is 1. The Balaban J connectivity index is 2.27. The third-order valence-corrected chi connectivity index (χ3v) is 6.65. The first-order valence-corrected chi connectivity index (χ1v) is 8.80. The van der Waals surface area contributed by atoms with Crippen molar-refractivity contribution in [3.63, 3.8) is 0 Å². The number of aliphatic hydroxyl groups is 1. The van der Waals surface area contributed by atoms with Crippen LogP contribution in [0.5, 0.6) is 5.75 Å². The number of hydrogen-bond acceptors (Lipinski definition) is 4. The van der Waals surface area contributed by atoms with Crippen molar-refractivity contribution in [2.45, 2.75) is 42.4 Å².